The molecule has 0 amide bonds. The fraction of sp³-hybridized carbons (Fsp3) is 0.400. The predicted octanol–water partition coefficient (Wildman–Crippen LogP) is 2.26. The first-order chi connectivity index (χ1) is 6.20. The number of halogens is 1. The number of hydrogen-bond acceptors (Lipinski definition) is 2. The highest BCUT2D eigenvalue weighted by molar-refractivity contribution is 6.31. The fourth-order valence-electron chi connectivity index (χ4n) is 1.64. The van der Waals surface area contributed by atoms with Crippen LogP contribution in [0.15, 0.2) is 18.2 Å². The number of hydrogen-bond donors (Lipinski definition) is 1. The summed E-state index contributed by atoms with van der Waals surface area (Å²) in [5.41, 5.74) is 8.13. The van der Waals surface area contributed by atoms with Gasteiger partial charge in [-0.25, -0.2) is 0 Å². The Kier molecular flexibility index (Phi) is 2.28. The summed E-state index contributed by atoms with van der Waals surface area (Å²) in [6.07, 6.45) is 0.0485. The second-order valence-corrected chi connectivity index (χ2v) is 3.76. The van der Waals surface area contributed by atoms with Crippen molar-refractivity contribution in [2.75, 3.05) is 0 Å². The Morgan fingerprint density at radius 1 is 1.54 bits per heavy atom. The van der Waals surface area contributed by atoms with Crippen LogP contribution in [0.2, 0.25) is 5.02 Å². The first-order valence-corrected chi connectivity index (χ1v) is 4.72. The van der Waals surface area contributed by atoms with Crippen LogP contribution in [0.25, 0.3) is 0 Å². The predicted molar refractivity (Wildman–Crippen MR) is 52.6 cm³/mol. The third kappa shape index (κ3) is 1.46. The summed E-state index contributed by atoms with van der Waals surface area (Å²) in [7, 11) is 0. The first kappa shape index (κ1) is 9.00. The minimum Gasteiger partial charge on any atom is -0.372 e. The number of fused-ring (bicyclic) bond motifs is 1. The molecule has 1 aliphatic rings. The van der Waals surface area contributed by atoms with Gasteiger partial charge >= 0.3 is 0 Å². The maximum atomic E-state index is 6.07. The largest absolute Gasteiger partial charge is 0.372 e. The van der Waals surface area contributed by atoms with E-state index in [0.29, 0.717) is 6.61 Å². The van der Waals surface area contributed by atoms with Crippen LogP contribution in [0.3, 0.4) is 0 Å². The van der Waals surface area contributed by atoms with Gasteiger partial charge in [0.25, 0.3) is 0 Å². The topological polar surface area (TPSA) is 35.2 Å². The molecule has 0 fully saturated rings. The summed E-state index contributed by atoms with van der Waals surface area (Å²) in [5.74, 6) is 0. The quantitative estimate of drug-likeness (QED) is 0.693. The molecule has 0 aromatic heterocycles. The Labute approximate surface area is 82.6 Å². The molecule has 2 N–H and O–H groups in total. The van der Waals surface area contributed by atoms with E-state index in [4.69, 9.17) is 22.1 Å². The van der Waals surface area contributed by atoms with Gasteiger partial charge in [0.1, 0.15) is 0 Å². The van der Waals surface area contributed by atoms with Crippen molar-refractivity contribution in [3.8, 4) is 0 Å². The Hall–Kier alpha value is -0.570. The van der Waals surface area contributed by atoms with Gasteiger partial charge in [-0.05, 0) is 24.1 Å². The molecule has 0 radical (unpaired) electrons. The lowest BCUT2D eigenvalue weighted by Crippen LogP contribution is -2.31. The molecule has 2 atom stereocenters. The molecule has 2 rings (SSSR count). The Morgan fingerprint density at radius 3 is 3.08 bits per heavy atom. The van der Waals surface area contributed by atoms with Crippen molar-refractivity contribution in [3.05, 3.63) is 34.3 Å². The van der Waals surface area contributed by atoms with Crippen molar-refractivity contribution in [1.29, 1.82) is 0 Å². The summed E-state index contributed by atoms with van der Waals surface area (Å²) in [5, 5.41) is 0.750. The fourth-order valence-corrected chi connectivity index (χ4v) is 1.96. The Bertz CT molecular complexity index is 327. The van der Waals surface area contributed by atoms with Crippen LogP contribution in [0, 0.1) is 0 Å². The molecule has 0 unspecified atom stereocenters. The molecule has 0 aliphatic carbocycles. The molecule has 13 heavy (non-hydrogen) atoms. The molecule has 0 bridgehead atoms. The molecular weight excluding hydrogens is 186 g/mol. The van der Waals surface area contributed by atoms with E-state index >= 15 is 0 Å². The number of ether oxygens (including phenoxy) is 1. The summed E-state index contributed by atoms with van der Waals surface area (Å²) < 4.78 is 5.49. The van der Waals surface area contributed by atoms with E-state index in [0.717, 1.165) is 16.1 Å². The number of rotatable bonds is 0. The van der Waals surface area contributed by atoms with Crippen LogP contribution in [0.4, 0.5) is 0 Å². The molecule has 1 aliphatic heterocycles. The van der Waals surface area contributed by atoms with Gasteiger partial charge in [0, 0.05) is 5.02 Å². The first-order valence-electron chi connectivity index (χ1n) is 4.34. The van der Waals surface area contributed by atoms with Crippen LogP contribution in [0.5, 0.6) is 0 Å². The zero-order chi connectivity index (χ0) is 9.42. The van der Waals surface area contributed by atoms with E-state index in [2.05, 4.69) is 0 Å². The summed E-state index contributed by atoms with van der Waals surface area (Å²) in [6, 6.07) is 5.70. The molecular formula is C10H12ClNO. The third-order valence-electron chi connectivity index (χ3n) is 2.48. The summed E-state index contributed by atoms with van der Waals surface area (Å²) >= 11 is 6.07. The van der Waals surface area contributed by atoms with E-state index < -0.39 is 0 Å². The molecule has 70 valence electrons. The molecule has 1 aromatic carbocycles. The van der Waals surface area contributed by atoms with Crippen molar-refractivity contribution in [2.45, 2.75) is 25.7 Å². The Morgan fingerprint density at radius 2 is 2.31 bits per heavy atom. The highest BCUT2D eigenvalue weighted by Gasteiger charge is 2.25. The average Bonchev–Trinajstić information content (AvgIpc) is 2.12. The van der Waals surface area contributed by atoms with Crippen LogP contribution < -0.4 is 5.73 Å². The monoisotopic (exact) mass is 197 g/mol. The lowest BCUT2D eigenvalue weighted by Gasteiger charge is -2.29. The van der Waals surface area contributed by atoms with Gasteiger partial charge < -0.3 is 10.5 Å². The molecule has 0 saturated carbocycles. The standard InChI is InChI=1S/C10H12ClNO/c1-6-10(12)9-7(5-13-6)3-2-4-8(9)11/h2-4,6,10H,5,12H2,1H3/t6-,10-/m1/s1. The second kappa shape index (κ2) is 3.29. The van der Waals surface area contributed by atoms with Crippen LogP contribution in [0.1, 0.15) is 24.1 Å². The lowest BCUT2D eigenvalue weighted by atomic mass is 9.95. The Balaban J connectivity index is 2.51. The van der Waals surface area contributed by atoms with E-state index in [1.54, 1.807) is 0 Å². The van der Waals surface area contributed by atoms with Crippen molar-refractivity contribution < 1.29 is 4.74 Å². The lowest BCUT2D eigenvalue weighted by molar-refractivity contribution is 0.0214. The van der Waals surface area contributed by atoms with Gasteiger partial charge in [-0.15, -0.1) is 0 Å². The van der Waals surface area contributed by atoms with Gasteiger partial charge in [0.15, 0.2) is 0 Å². The maximum absolute atomic E-state index is 6.07. The van der Waals surface area contributed by atoms with Crippen molar-refractivity contribution in [1.82, 2.24) is 0 Å². The smallest absolute Gasteiger partial charge is 0.0744 e. The highest BCUT2D eigenvalue weighted by atomic mass is 35.5. The van der Waals surface area contributed by atoms with Crippen LogP contribution >= 0.6 is 11.6 Å². The molecule has 0 saturated heterocycles. The van der Waals surface area contributed by atoms with Gasteiger partial charge in [0.05, 0.1) is 18.8 Å². The van der Waals surface area contributed by atoms with Crippen molar-refractivity contribution >= 4 is 11.6 Å². The van der Waals surface area contributed by atoms with Crippen molar-refractivity contribution in [3.63, 3.8) is 0 Å². The molecule has 1 aromatic rings. The zero-order valence-corrected chi connectivity index (χ0v) is 8.21. The summed E-state index contributed by atoms with van der Waals surface area (Å²) in [6.45, 7) is 2.59. The van der Waals surface area contributed by atoms with E-state index in [-0.39, 0.29) is 12.1 Å². The summed E-state index contributed by atoms with van der Waals surface area (Å²) in [4.78, 5) is 0. The second-order valence-electron chi connectivity index (χ2n) is 3.35. The average molecular weight is 198 g/mol. The SMILES string of the molecule is C[C@H]1OCc2cccc(Cl)c2[C@@H]1N. The molecule has 2 nitrogen and oxygen atoms in total. The van der Waals surface area contributed by atoms with Gasteiger partial charge in [-0.2, -0.15) is 0 Å². The number of benzene rings is 1. The van der Waals surface area contributed by atoms with E-state index in [1.165, 1.54) is 0 Å². The van der Waals surface area contributed by atoms with Crippen LogP contribution in [-0.4, -0.2) is 6.10 Å². The van der Waals surface area contributed by atoms with Gasteiger partial charge in [0.2, 0.25) is 0 Å². The third-order valence-corrected chi connectivity index (χ3v) is 2.81. The zero-order valence-electron chi connectivity index (χ0n) is 7.46. The van der Waals surface area contributed by atoms with Gasteiger partial charge in [-0.3, -0.25) is 0 Å². The molecule has 0 spiro atoms. The maximum Gasteiger partial charge on any atom is 0.0744 e. The highest BCUT2D eigenvalue weighted by Crippen LogP contribution is 2.32. The normalized spacial score (nSPS) is 27.0. The van der Waals surface area contributed by atoms with Crippen LogP contribution in [-0.2, 0) is 11.3 Å². The van der Waals surface area contributed by atoms with Crippen molar-refractivity contribution in [2.24, 2.45) is 5.73 Å². The number of nitrogens with two attached hydrogens (primary N) is 1. The minimum atomic E-state index is -0.0996. The van der Waals surface area contributed by atoms with Gasteiger partial charge in [-0.1, -0.05) is 23.7 Å². The van der Waals surface area contributed by atoms with E-state index in [1.807, 2.05) is 25.1 Å². The minimum absolute atomic E-state index is 0.0485. The molecule has 3 heteroatoms. The van der Waals surface area contributed by atoms with E-state index in [9.17, 15) is 0 Å². The molecule has 1 heterocycles.